The van der Waals surface area contributed by atoms with E-state index in [1.54, 1.807) is 22.6 Å². The number of oxazole rings is 1. The molecule has 0 aliphatic carbocycles. The second-order valence-electron chi connectivity index (χ2n) is 5.53. The zero-order chi connectivity index (χ0) is 16.4. The smallest absolute Gasteiger partial charge is 0.227 e. The highest BCUT2D eigenvalue weighted by molar-refractivity contribution is 14.1. The SMILES string of the molecule is CCCCCc1ccc2oc(-c3cc(F)c(I)c(F)c3)nc2c1. The van der Waals surface area contributed by atoms with Crippen molar-refractivity contribution in [3.63, 3.8) is 0 Å². The van der Waals surface area contributed by atoms with Gasteiger partial charge in [-0.05, 0) is 65.3 Å². The molecule has 0 spiro atoms. The van der Waals surface area contributed by atoms with Gasteiger partial charge in [0.1, 0.15) is 17.2 Å². The first-order valence-corrected chi connectivity index (χ1v) is 8.70. The Morgan fingerprint density at radius 1 is 1.09 bits per heavy atom. The van der Waals surface area contributed by atoms with Gasteiger partial charge < -0.3 is 4.42 Å². The number of rotatable bonds is 5. The van der Waals surface area contributed by atoms with Gasteiger partial charge in [-0.3, -0.25) is 0 Å². The van der Waals surface area contributed by atoms with E-state index in [-0.39, 0.29) is 9.46 Å². The van der Waals surface area contributed by atoms with Gasteiger partial charge in [-0.15, -0.1) is 0 Å². The van der Waals surface area contributed by atoms with E-state index in [0.29, 0.717) is 16.7 Å². The molecule has 1 aromatic heterocycles. The van der Waals surface area contributed by atoms with Gasteiger partial charge in [0.05, 0.1) is 3.57 Å². The topological polar surface area (TPSA) is 26.0 Å². The molecule has 0 fully saturated rings. The molecule has 0 aliphatic rings. The number of hydrogen-bond acceptors (Lipinski definition) is 2. The summed E-state index contributed by atoms with van der Waals surface area (Å²) in [4.78, 5) is 4.38. The Morgan fingerprint density at radius 3 is 2.52 bits per heavy atom. The summed E-state index contributed by atoms with van der Waals surface area (Å²) in [5, 5.41) is 0. The lowest BCUT2D eigenvalue weighted by molar-refractivity contribution is 0.566. The summed E-state index contributed by atoms with van der Waals surface area (Å²) in [5.74, 6) is -0.980. The van der Waals surface area contributed by atoms with Gasteiger partial charge >= 0.3 is 0 Å². The summed E-state index contributed by atoms with van der Waals surface area (Å²) < 4.78 is 33.0. The van der Waals surface area contributed by atoms with Crippen LogP contribution in [-0.4, -0.2) is 4.98 Å². The van der Waals surface area contributed by atoms with Crippen molar-refractivity contribution >= 4 is 33.7 Å². The van der Waals surface area contributed by atoms with Crippen LogP contribution < -0.4 is 0 Å². The van der Waals surface area contributed by atoms with Crippen molar-refractivity contribution in [1.82, 2.24) is 4.98 Å². The minimum absolute atomic E-state index is 0.0272. The minimum Gasteiger partial charge on any atom is -0.436 e. The van der Waals surface area contributed by atoms with E-state index < -0.39 is 11.6 Å². The van der Waals surface area contributed by atoms with Crippen LogP contribution in [0.15, 0.2) is 34.7 Å². The molecule has 0 aliphatic heterocycles. The summed E-state index contributed by atoms with van der Waals surface area (Å²) in [6.45, 7) is 2.17. The van der Waals surface area contributed by atoms with E-state index >= 15 is 0 Å². The molecule has 2 aromatic carbocycles. The number of fused-ring (bicyclic) bond motifs is 1. The fourth-order valence-electron chi connectivity index (χ4n) is 2.51. The van der Waals surface area contributed by atoms with Crippen molar-refractivity contribution in [2.24, 2.45) is 0 Å². The van der Waals surface area contributed by atoms with E-state index in [4.69, 9.17) is 4.42 Å². The van der Waals surface area contributed by atoms with Gasteiger partial charge in [0.2, 0.25) is 5.89 Å². The van der Waals surface area contributed by atoms with Crippen LogP contribution in [0.1, 0.15) is 31.7 Å². The molecule has 120 valence electrons. The molecule has 0 saturated heterocycles. The maximum absolute atomic E-state index is 13.7. The molecule has 3 aromatic rings. The molecule has 0 atom stereocenters. The summed E-state index contributed by atoms with van der Waals surface area (Å²) in [6, 6.07) is 8.36. The van der Waals surface area contributed by atoms with Crippen molar-refractivity contribution < 1.29 is 13.2 Å². The van der Waals surface area contributed by atoms with Crippen molar-refractivity contribution in [2.75, 3.05) is 0 Å². The second-order valence-corrected chi connectivity index (χ2v) is 6.61. The molecule has 0 saturated carbocycles. The third kappa shape index (κ3) is 3.54. The Morgan fingerprint density at radius 2 is 1.83 bits per heavy atom. The molecule has 5 heteroatoms. The summed E-state index contributed by atoms with van der Waals surface area (Å²) in [6.07, 6.45) is 4.52. The van der Waals surface area contributed by atoms with E-state index in [0.717, 1.165) is 12.8 Å². The molecule has 23 heavy (non-hydrogen) atoms. The predicted octanol–water partition coefficient (Wildman–Crippen LogP) is 6.11. The number of hydrogen-bond donors (Lipinski definition) is 0. The van der Waals surface area contributed by atoms with Crippen molar-refractivity contribution in [3.05, 3.63) is 51.1 Å². The monoisotopic (exact) mass is 427 g/mol. The van der Waals surface area contributed by atoms with Crippen LogP contribution in [0, 0.1) is 15.2 Å². The Hall–Kier alpha value is -1.50. The number of halogens is 3. The van der Waals surface area contributed by atoms with Gasteiger partial charge in [0.25, 0.3) is 0 Å². The van der Waals surface area contributed by atoms with Crippen LogP contribution in [0.4, 0.5) is 8.78 Å². The molecule has 0 radical (unpaired) electrons. The van der Waals surface area contributed by atoms with E-state index in [2.05, 4.69) is 11.9 Å². The Bertz CT molecular complexity index is 821. The van der Waals surface area contributed by atoms with Gasteiger partial charge in [-0.25, -0.2) is 13.8 Å². The third-order valence-electron chi connectivity index (χ3n) is 3.75. The minimum atomic E-state index is -0.608. The number of benzene rings is 2. The predicted molar refractivity (Wildman–Crippen MR) is 95.3 cm³/mol. The lowest BCUT2D eigenvalue weighted by Gasteiger charge is -1.99. The van der Waals surface area contributed by atoms with Crippen LogP contribution in [0.3, 0.4) is 0 Å². The average Bonchev–Trinajstić information content (AvgIpc) is 2.95. The van der Waals surface area contributed by atoms with Crippen LogP contribution in [-0.2, 0) is 6.42 Å². The number of aromatic nitrogens is 1. The van der Waals surface area contributed by atoms with Crippen LogP contribution in [0.25, 0.3) is 22.6 Å². The molecule has 2 nitrogen and oxygen atoms in total. The van der Waals surface area contributed by atoms with Gasteiger partial charge in [-0.2, -0.15) is 0 Å². The lowest BCUT2D eigenvalue weighted by Crippen LogP contribution is -1.90. The Kier molecular flexibility index (Phi) is 4.94. The average molecular weight is 427 g/mol. The summed E-state index contributed by atoms with van der Waals surface area (Å²) >= 11 is 1.64. The van der Waals surface area contributed by atoms with Crippen molar-refractivity contribution in [1.29, 1.82) is 0 Å². The Balaban J connectivity index is 1.93. The number of aryl methyl sites for hydroxylation is 1. The highest BCUT2D eigenvalue weighted by Crippen LogP contribution is 2.28. The largest absolute Gasteiger partial charge is 0.436 e. The molecular formula is C18H16F2INO. The quantitative estimate of drug-likeness (QED) is 0.279. The molecule has 1 heterocycles. The second kappa shape index (κ2) is 6.95. The van der Waals surface area contributed by atoms with Crippen LogP contribution in [0.5, 0.6) is 0 Å². The number of unbranched alkanes of at least 4 members (excludes halogenated alkanes) is 2. The standard InChI is InChI=1S/C18H16F2INO/c1-2-3-4-5-11-6-7-16-15(8-11)22-18(23-16)12-9-13(19)17(21)14(20)10-12/h6-10H,2-5H2,1H3. The zero-order valence-corrected chi connectivity index (χ0v) is 14.9. The zero-order valence-electron chi connectivity index (χ0n) is 12.7. The summed E-state index contributed by atoms with van der Waals surface area (Å²) in [5.41, 5.74) is 2.85. The van der Waals surface area contributed by atoms with Crippen LogP contribution in [0.2, 0.25) is 0 Å². The first-order chi connectivity index (χ1) is 11.1. The fraction of sp³-hybridized carbons (Fsp3) is 0.278. The summed E-state index contributed by atoms with van der Waals surface area (Å²) in [7, 11) is 0. The fourth-order valence-corrected chi connectivity index (χ4v) is 2.82. The highest BCUT2D eigenvalue weighted by Gasteiger charge is 2.14. The maximum Gasteiger partial charge on any atom is 0.227 e. The number of nitrogens with zero attached hydrogens (tertiary/aromatic N) is 1. The molecular weight excluding hydrogens is 411 g/mol. The normalized spacial score (nSPS) is 11.3. The van der Waals surface area contributed by atoms with E-state index in [1.165, 1.54) is 30.5 Å². The Labute approximate surface area is 147 Å². The van der Waals surface area contributed by atoms with Crippen molar-refractivity contribution in [2.45, 2.75) is 32.6 Å². The van der Waals surface area contributed by atoms with Crippen molar-refractivity contribution in [3.8, 4) is 11.5 Å². The first kappa shape index (κ1) is 16.4. The lowest BCUT2D eigenvalue weighted by atomic mass is 10.1. The van der Waals surface area contributed by atoms with Gasteiger partial charge in [0, 0.05) is 5.56 Å². The highest BCUT2D eigenvalue weighted by atomic mass is 127. The maximum atomic E-state index is 13.7. The molecule has 0 unspecified atom stereocenters. The van der Waals surface area contributed by atoms with E-state index in [9.17, 15) is 8.78 Å². The molecule has 0 amide bonds. The van der Waals surface area contributed by atoms with E-state index in [1.807, 2.05) is 18.2 Å². The van der Waals surface area contributed by atoms with Gasteiger partial charge in [0.15, 0.2) is 5.58 Å². The first-order valence-electron chi connectivity index (χ1n) is 7.63. The molecule has 0 N–H and O–H groups in total. The molecule has 3 rings (SSSR count). The third-order valence-corrected chi connectivity index (χ3v) is 4.78. The van der Waals surface area contributed by atoms with Gasteiger partial charge in [-0.1, -0.05) is 25.8 Å². The molecule has 0 bridgehead atoms. The van der Waals surface area contributed by atoms with Crippen LogP contribution >= 0.6 is 22.6 Å².